The van der Waals surface area contributed by atoms with Crippen LogP contribution in [-0.4, -0.2) is 16.5 Å². The molecule has 0 saturated carbocycles. The van der Waals surface area contributed by atoms with Gasteiger partial charge in [-0.15, -0.1) is 0 Å². The van der Waals surface area contributed by atoms with E-state index in [1.54, 1.807) is 18.6 Å². The number of nitrogens with zero attached hydrogens (tertiary/aromatic N) is 2. The molecule has 0 radical (unpaired) electrons. The normalized spacial score (nSPS) is 10.1. The van der Waals surface area contributed by atoms with Crippen LogP contribution < -0.4 is 5.32 Å². The van der Waals surface area contributed by atoms with Gasteiger partial charge in [0.15, 0.2) is 0 Å². The van der Waals surface area contributed by atoms with Crippen LogP contribution >= 0.6 is 0 Å². The van der Waals surface area contributed by atoms with Crippen LogP contribution in [0.2, 0.25) is 0 Å². The lowest BCUT2D eigenvalue weighted by atomic mass is 10.1. The fraction of sp³-hybridized carbons (Fsp3) is 0.231. The zero-order chi connectivity index (χ0) is 11.2. The van der Waals surface area contributed by atoms with Gasteiger partial charge >= 0.3 is 0 Å². The Bertz CT molecular complexity index is 440. The second kappa shape index (κ2) is 5.26. The minimum absolute atomic E-state index is 0.829. The van der Waals surface area contributed by atoms with Crippen molar-refractivity contribution in [2.24, 2.45) is 0 Å². The highest BCUT2D eigenvalue weighted by Gasteiger charge is 1.94. The van der Waals surface area contributed by atoms with E-state index in [1.807, 2.05) is 0 Å². The van der Waals surface area contributed by atoms with Gasteiger partial charge in [0.25, 0.3) is 0 Å². The van der Waals surface area contributed by atoms with E-state index in [1.165, 1.54) is 11.1 Å². The predicted molar refractivity (Wildman–Crippen MR) is 65.4 cm³/mol. The van der Waals surface area contributed by atoms with Gasteiger partial charge in [-0.2, -0.15) is 0 Å². The summed E-state index contributed by atoms with van der Waals surface area (Å²) in [6, 6.07) is 8.55. The van der Waals surface area contributed by atoms with Crippen LogP contribution in [-0.2, 0) is 6.42 Å². The average molecular weight is 213 g/mol. The van der Waals surface area contributed by atoms with Crippen molar-refractivity contribution in [2.45, 2.75) is 13.3 Å². The van der Waals surface area contributed by atoms with Crippen LogP contribution in [0.25, 0.3) is 0 Å². The van der Waals surface area contributed by atoms with E-state index in [2.05, 4.69) is 46.5 Å². The minimum atomic E-state index is 0.829. The van der Waals surface area contributed by atoms with Crippen LogP contribution in [0.3, 0.4) is 0 Å². The van der Waals surface area contributed by atoms with Crippen molar-refractivity contribution in [3.05, 3.63) is 54.0 Å². The molecule has 2 aromatic rings. The van der Waals surface area contributed by atoms with Crippen LogP contribution in [0, 0.1) is 6.92 Å². The largest absolute Gasteiger partial charge is 0.368 e. The quantitative estimate of drug-likeness (QED) is 0.847. The Morgan fingerprint density at radius 2 is 2.19 bits per heavy atom. The Labute approximate surface area is 95.6 Å². The molecule has 1 aromatic heterocycles. The van der Waals surface area contributed by atoms with Crippen LogP contribution in [0.1, 0.15) is 11.1 Å². The summed E-state index contributed by atoms with van der Waals surface area (Å²) in [4.78, 5) is 8.15. The molecule has 0 aliphatic carbocycles. The van der Waals surface area contributed by atoms with Crippen molar-refractivity contribution in [1.29, 1.82) is 0 Å². The van der Waals surface area contributed by atoms with Gasteiger partial charge in [0.2, 0.25) is 0 Å². The van der Waals surface area contributed by atoms with Gasteiger partial charge in [-0.3, -0.25) is 4.98 Å². The number of rotatable bonds is 4. The fourth-order valence-electron chi connectivity index (χ4n) is 1.59. The second-order valence-corrected chi connectivity index (χ2v) is 3.76. The molecule has 1 N–H and O–H groups in total. The van der Waals surface area contributed by atoms with E-state index in [0.717, 1.165) is 18.8 Å². The summed E-state index contributed by atoms with van der Waals surface area (Å²) in [6.45, 7) is 2.99. The number of anilines is 1. The molecule has 0 aliphatic rings. The number of aryl methyl sites for hydroxylation is 1. The molecule has 0 bridgehead atoms. The van der Waals surface area contributed by atoms with Gasteiger partial charge in [0.05, 0.1) is 6.20 Å². The van der Waals surface area contributed by atoms with E-state index in [9.17, 15) is 0 Å². The number of hydrogen-bond acceptors (Lipinski definition) is 3. The van der Waals surface area contributed by atoms with Gasteiger partial charge in [0.1, 0.15) is 5.82 Å². The molecule has 3 nitrogen and oxygen atoms in total. The molecule has 0 unspecified atom stereocenters. The van der Waals surface area contributed by atoms with Gasteiger partial charge in [-0.05, 0) is 18.9 Å². The maximum absolute atomic E-state index is 4.15. The zero-order valence-corrected chi connectivity index (χ0v) is 9.35. The average Bonchev–Trinajstić information content (AvgIpc) is 2.30. The lowest BCUT2D eigenvalue weighted by Crippen LogP contribution is -2.06. The highest BCUT2D eigenvalue weighted by Crippen LogP contribution is 2.05. The first kappa shape index (κ1) is 10.6. The highest BCUT2D eigenvalue weighted by atomic mass is 15.0. The summed E-state index contributed by atoms with van der Waals surface area (Å²) >= 11 is 0. The smallest absolute Gasteiger partial charge is 0.144 e. The lowest BCUT2D eigenvalue weighted by Gasteiger charge is -2.05. The molecule has 16 heavy (non-hydrogen) atoms. The van der Waals surface area contributed by atoms with Crippen molar-refractivity contribution in [1.82, 2.24) is 9.97 Å². The SMILES string of the molecule is Cc1cccc(CCNc2cnccn2)c1. The third-order valence-corrected chi connectivity index (χ3v) is 2.37. The maximum atomic E-state index is 4.15. The maximum Gasteiger partial charge on any atom is 0.144 e. The first-order valence-electron chi connectivity index (χ1n) is 5.40. The topological polar surface area (TPSA) is 37.8 Å². The van der Waals surface area contributed by atoms with Gasteiger partial charge < -0.3 is 5.32 Å². The summed E-state index contributed by atoms with van der Waals surface area (Å²) < 4.78 is 0. The summed E-state index contributed by atoms with van der Waals surface area (Å²) in [5.74, 6) is 0.829. The van der Waals surface area contributed by atoms with Gasteiger partial charge in [-0.1, -0.05) is 29.8 Å². The third kappa shape index (κ3) is 3.05. The molecule has 82 valence electrons. The number of aromatic nitrogens is 2. The molecule has 1 heterocycles. The molecule has 0 amide bonds. The van der Waals surface area contributed by atoms with E-state index in [4.69, 9.17) is 0 Å². The molecular formula is C13H15N3. The van der Waals surface area contributed by atoms with Crippen LogP contribution in [0.5, 0.6) is 0 Å². The lowest BCUT2D eigenvalue weighted by molar-refractivity contribution is 0.997. The van der Waals surface area contributed by atoms with Crippen molar-refractivity contribution in [2.75, 3.05) is 11.9 Å². The van der Waals surface area contributed by atoms with Crippen LogP contribution in [0.15, 0.2) is 42.9 Å². The van der Waals surface area contributed by atoms with Gasteiger partial charge in [0, 0.05) is 18.9 Å². The Balaban J connectivity index is 1.85. The summed E-state index contributed by atoms with van der Waals surface area (Å²) in [5, 5.41) is 3.24. The highest BCUT2D eigenvalue weighted by molar-refractivity contribution is 5.30. The Hall–Kier alpha value is -1.90. The third-order valence-electron chi connectivity index (χ3n) is 2.37. The van der Waals surface area contributed by atoms with E-state index in [0.29, 0.717) is 0 Å². The molecule has 0 saturated heterocycles. The Morgan fingerprint density at radius 3 is 2.94 bits per heavy atom. The number of nitrogens with one attached hydrogen (secondary N) is 1. The van der Waals surface area contributed by atoms with Gasteiger partial charge in [-0.25, -0.2) is 4.98 Å². The first-order valence-corrected chi connectivity index (χ1v) is 5.40. The molecule has 3 heteroatoms. The first-order chi connectivity index (χ1) is 7.84. The Kier molecular flexibility index (Phi) is 3.49. The Morgan fingerprint density at radius 1 is 1.25 bits per heavy atom. The number of benzene rings is 1. The molecule has 0 atom stereocenters. The molecule has 0 fully saturated rings. The molecule has 1 aromatic carbocycles. The van der Waals surface area contributed by atoms with Crippen molar-refractivity contribution >= 4 is 5.82 Å². The summed E-state index contributed by atoms with van der Waals surface area (Å²) in [7, 11) is 0. The summed E-state index contributed by atoms with van der Waals surface area (Å²) in [5.41, 5.74) is 2.65. The molecule has 0 aliphatic heterocycles. The van der Waals surface area contributed by atoms with E-state index >= 15 is 0 Å². The molecular weight excluding hydrogens is 198 g/mol. The van der Waals surface area contributed by atoms with Crippen molar-refractivity contribution < 1.29 is 0 Å². The number of hydrogen-bond donors (Lipinski definition) is 1. The zero-order valence-electron chi connectivity index (χ0n) is 9.35. The second-order valence-electron chi connectivity index (χ2n) is 3.76. The van der Waals surface area contributed by atoms with Crippen LogP contribution in [0.4, 0.5) is 5.82 Å². The van der Waals surface area contributed by atoms with Crippen molar-refractivity contribution in [3.63, 3.8) is 0 Å². The standard InChI is InChI=1S/C13H15N3/c1-11-3-2-4-12(9-11)5-6-15-13-10-14-7-8-16-13/h2-4,7-10H,5-6H2,1H3,(H,15,16). The molecule has 2 rings (SSSR count). The predicted octanol–water partition coefficient (Wildman–Crippen LogP) is 2.44. The minimum Gasteiger partial charge on any atom is -0.368 e. The van der Waals surface area contributed by atoms with E-state index in [-0.39, 0.29) is 0 Å². The summed E-state index contributed by atoms with van der Waals surface area (Å²) in [6.07, 6.45) is 6.09. The monoisotopic (exact) mass is 213 g/mol. The molecule has 0 spiro atoms. The van der Waals surface area contributed by atoms with E-state index < -0.39 is 0 Å². The van der Waals surface area contributed by atoms with Crippen molar-refractivity contribution in [3.8, 4) is 0 Å². The fourth-order valence-corrected chi connectivity index (χ4v) is 1.59.